The summed E-state index contributed by atoms with van der Waals surface area (Å²) in [5, 5.41) is 0. The molecule has 0 bridgehead atoms. The summed E-state index contributed by atoms with van der Waals surface area (Å²) >= 11 is 0. The SMILES string of the molecule is CCCn1c(=O)n(CCC(=O)N2CCC(c3ccccc3)CC2)c2ccccc21. The summed E-state index contributed by atoms with van der Waals surface area (Å²) in [7, 11) is 0. The first-order valence-corrected chi connectivity index (χ1v) is 10.7. The number of imidazole rings is 1. The van der Waals surface area contributed by atoms with Gasteiger partial charge in [-0.3, -0.25) is 13.9 Å². The molecule has 2 heterocycles. The number of para-hydroxylation sites is 2. The molecule has 0 aliphatic carbocycles. The summed E-state index contributed by atoms with van der Waals surface area (Å²) in [6.07, 6.45) is 3.29. The van der Waals surface area contributed by atoms with Gasteiger partial charge in [0.2, 0.25) is 5.91 Å². The molecule has 1 saturated heterocycles. The highest BCUT2D eigenvalue weighted by molar-refractivity contribution is 5.78. The largest absolute Gasteiger partial charge is 0.343 e. The maximum absolute atomic E-state index is 12.9. The monoisotopic (exact) mass is 391 g/mol. The lowest BCUT2D eigenvalue weighted by Crippen LogP contribution is -2.38. The number of hydrogen-bond acceptors (Lipinski definition) is 2. The second-order valence-corrected chi connectivity index (χ2v) is 7.89. The van der Waals surface area contributed by atoms with E-state index in [0.29, 0.717) is 25.4 Å². The van der Waals surface area contributed by atoms with Crippen molar-refractivity contribution < 1.29 is 4.79 Å². The summed E-state index contributed by atoms with van der Waals surface area (Å²) in [6.45, 7) is 4.80. The zero-order valence-corrected chi connectivity index (χ0v) is 17.1. The predicted octanol–water partition coefficient (Wildman–Crippen LogP) is 4.01. The maximum atomic E-state index is 12.9. The van der Waals surface area contributed by atoms with E-state index in [4.69, 9.17) is 0 Å². The lowest BCUT2D eigenvalue weighted by atomic mass is 9.89. The number of aromatic nitrogens is 2. The number of carbonyl (C=O) groups excluding carboxylic acids is 1. The molecule has 0 atom stereocenters. The Labute approximate surface area is 171 Å². The quantitative estimate of drug-likeness (QED) is 0.637. The number of piperidine rings is 1. The Morgan fingerprint density at radius 1 is 0.897 bits per heavy atom. The number of carbonyl (C=O) groups is 1. The Kier molecular flexibility index (Phi) is 5.84. The molecular weight excluding hydrogens is 362 g/mol. The molecule has 29 heavy (non-hydrogen) atoms. The molecule has 1 aliphatic rings. The van der Waals surface area contributed by atoms with Crippen LogP contribution in [0.1, 0.15) is 44.1 Å². The smallest absolute Gasteiger partial charge is 0.329 e. The fourth-order valence-electron chi connectivity index (χ4n) is 4.48. The fourth-order valence-corrected chi connectivity index (χ4v) is 4.48. The van der Waals surface area contributed by atoms with E-state index >= 15 is 0 Å². The van der Waals surface area contributed by atoms with Crippen LogP contribution in [-0.2, 0) is 17.9 Å². The van der Waals surface area contributed by atoms with Gasteiger partial charge in [0.05, 0.1) is 11.0 Å². The molecule has 1 fully saturated rings. The number of fused-ring (bicyclic) bond motifs is 1. The number of nitrogens with zero attached hydrogens (tertiary/aromatic N) is 3. The van der Waals surface area contributed by atoms with Gasteiger partial charge in [-0.1, -0.05) is 49.4 Å². The summed E-state index contributed by atoms with van der Waals surface area (Å²) in [5.41, 5.74) is 3.23. The van der Waals surface area contributed by atoms with Gasteiger partial charge in [0, 0.05) is 32.6 Å². The summed E-state index contributed by atoms with van der Waals surface area (Å²) in [4.78, 5) is 27.6. The Hall–Kier alpha value is -2.82. The molecule has 0 saturated carbocycles. The van der Waals surface area contributed by atoms with Gasteiger partial charge in [-0.15, -0.1) is 0 Å². The van der Waals surface area contributed by atoms with Gasteiger partial charge >= 0.3 is 5.69 Å². The molecule has 0 radical (unpaired) electrons. The molecule has 2 aromatic carbocycles. The van der Waals surface area contributed by atoms with Crippen LogP contribution in [0.3, 0.4) is 0 Å². The molecule has 5 heteroatoms. The van der Waals surface area contributed by atoms with Crippen LogP contribution < -0.4 is 5.69 Å². The van der Waals surface area contributed by atoms with Gasteiger partial charge in [0.15, 0.2) is 0 Å². The second-order valence-electron chi connectivity index (χ2n) is 7.89. The molecule has 4 rings (SSSR count). The van der Waals surface area contributed by atoms with Crippen molar-refractivity contribution in [3.8, 4) is 0 Å². The second kappa shape index (κ2) is 8.68. The van der Waals surface area contributed by atoms with Crippen LogP contribution in [0.25, 0.3) is 11.0 Å². The van der Waals surface area contributed by atoms with Crippen molar-refractivity contribution >= 4 is 16.9 Å². The molecule has 0 spiro atoms. The summed E-state index contributed by atoms with van der Waals surface area (Å²) < 4.78 is 3.59. The standard InChI is InChI=1S/C24H29N3O2/c1-2-15-26-21-10-6-7-11-22(21)27(24(26)29)18-14-23(28)25-16-12-20(13-17-25)19-8-4-3-5-9-19/h3-11,20H,2,12-18H2,1H3. The van der Waals surface area contributed by atoms with E-state index in [2.05, 4.69) is 31.2 Å². The van der Waals surface area contributed by atoms with Gasteiger partial charge < -0.3 is 4.90 Å². The van der Waals surface area contributed by atoms with Gasteiger partial charge in [0.25, 0.3) is 0 Å². The van der Waals surface area contributed by atoms with Crippen LogP contribution in [0.2, 0.25) is 0 Å². The minimum Gasteiger partial charge on any atom is -0.343 e. The molecule has 0 unspecified atom stereocenters. The van der Waals surface area contributed by atoms with E-state index in [1.54, 1.807) is 4.57 Å². The van der Waals surface area contributed by atoms with Crippen LogP contribution in [-0.4, -0.2) is 33.0 Å². The summed E-state index contributed by atoms with van der Waals surface area (Å²) in [6, 6.07) is 18.4. The zero-order chi connectivity index (χ0) is 20.2. The van der Waals surface area contributed by atoms with Gasteiger partial charge in [0.1, 0.15) is 0 Å². The minimum absolute atomic E-state index is 0.0105. The Morgan fingerprint density at radius 2 is 1.48 bits per heavy atom. The highest BCUT2D eigenvalue weighted by Crippen LogP contribution is 2.28. The molecule has 1 aromatic heterocycles. The fraction of sp³-hybridized carbons (Fsp3) is 0.417. The van der Waals surface area contributed by atoms with Crippen LogP contribution in [0.4, 0.5) is 0 Å². The van der Waals surface area contributed by atoms with E-state index in [1.807, 2.05) is 39.8 Å². The first kappa shape index (κ1) is 19.5. The van der Waals surface area contributed by atoms with Gasteiger partial charge in [-0.25, -0.2) is 4.79 Å². The lowest BCUT2D eigenvalue weighted by molar-refractivity contribution is -0.132. The Morgan fingerprint density at radius 3 is 2.10 bits per heavy atom. The molecule has 152 valence electrons. The zero-order valence-electron chi connectivity index (χ0n) is 17.1. The third-order valence-corrected chi connectivity index (χ3v) is 6.04. The van der Waals surface area contributed by atoms with E-state index in [0.717, 1.165) is 43.4 Å². The topological polar surface area (TPSA) is 47.2 Å². The van der Waals surface area contributed by atoms with Crippen molar-refractivity contribution in [2.45, 2.75) is 51.6 Å². The summed E-state index contributed by atoms with van der Waals surface area (Å²) in [5.74, 6) is 0.686. The first-order valence-electron chi connectivity index (χ1n) is 10.7. The van der Waals surface area contributed by atoms with Crippen molar-refractivity contribution in [3.63, 3.8) is 0 Å². The molecule has 1 amide bonds. The predicted molar refractivity (Wildman–Crippen MR) is 116 cm³/mol. The van der Waals surface area contributed by atoms with Crippen molar-refractivity contribution in [3.05, 3.63) is 70.6 Å². The Bertz CT molecular complexity index is 1030. The number of likely N-dealkylation sites (tertiary alicyclic amines) is 1. The lowest BCUT2D eigenvalue weighted by Gasteiger charge is -2.32. The number of amides is 1. The molecule has 3 aromatic rings. The van der Waals surface area contributed by atoms with Crippen LogP contribution >= 0.6 is 0 Å². The van der Waals surface area contributed by atoms with E-state index in [1.165, 1.54) is 5.56 Å². The van der Waals surface area contributed by atoms with Crippen LogP contribution in [0.15, 0.2) is 59.4 Å². The average molecular weight is 392 g/mol. The van der Waals surface area contributed by atoms with Crippen molar-refractivity contribution in [2.24, 2.45) is 0 Å². The van der Waals surface area contributed by atoms with Crippen LogP contribution in [0, 0.1) is 0 Å². The van der Waals surface area contributed by atoms with Crippen molar-refractivity contribution in [1.82, 2.24) is 14.0 Å². The molecule has 0 N–H and O–H groups in total. The molecule has 5 nitrogen and oxygen atoms in total. The number of benzene rings is 2. The average Bonchev–Trinajstić information content (AvgIpc) is 3.04. The Balaban J connectivity index is 1.41. The normalized spacial score (nSPS) is 15.1. The minimum atomic E-state index is -0.0105. The first-order chi connectivity index (χ1) is 14.2. The van der Waals surface area contributed by atoms with Crippen LogP contribution in [0.5, 0.6) is 0 Å². The van der Waals surface area contributed by atoms with E-state index < -0.39 is 0 Å². The highest BCUT2D eigenvalue weighted by atomic mass is 16.2. The number of aryl methyl sites for hydroxylation is 2. The van der Waals surface area contributed by atoms with Crippen molar-refractivity contribution in [1.29, 1.82) is 0 Å². The van der Waals surface area contributed by atoms with Gasteiger partial charge in [-0.05, 0) is 42.9 Å². The highest BCUT2D eigenvalue weighted by Gasteiger charge is 2.24. The number of rotatable bonds is 6. The third kappa shape index (κ3) is 4.00. The van der Waals surface area contributed by atoms with Crippen molar-refractivity contribution in [2.75, 3.05) is 13.1 Å². The van der Waals surface area contributed by atoms with E-state index in [-0.39, 0.29) is 11.6 Å². The molecular formula is C24H29N3O2. The van der Waals surface area contributed by atoms with Gasteiger partial charge in [-0.2, -0.15) is 0 Å². The third-order valence-electron chi connectivity index (χ3n) is 6.04. The number of hydrogen-bond donors (Lipinski definition) is 0. The maximum Gasteiger partial charge on any atom is 0.329 e. The molecule has 1 aliphatic heterocycles. The van der Waals surface area contributed by atoms with E-state index in [9.17, 15) is 9.59 Å².